The minimum Gasteiger partial charge on any atom is -0.384 e. The molecule has 3 nitrogen and oxygen atoms in total. The van der Waals surface area contributed by atoms with Crippen molar-refractivity contribution in [1.29, 1.82) is 0 Å². The highest BCUT2D eigenvalue weighted by Gasteiger charge is 2.05. The quantitative estimate of drug-likeness (QED) is 0.873. The molecule has 0 aliphatic rings. The third kappa shape index (κ3) is 3.46. The number of hydrogen-bond acceptors (Lipinski definition) is 4. The number of nitrogens with two attached hydrogens (primary N) is 1. The fourth-order valence-corrected chi connectivity index (χ4v) is 2.74. The van der Waals surface area contributed by atoms with Crippen molar-refractivity contribution in [2.75, 3.05) is 11.1 Å². The van der Waals surface area contributed by atoms with Gasteiger partial charge >= 0.3 is 0 Å². The monoisotopic (exact) mass is 247 g/mol. The van der Waals surface area contributed by atoms with Crippen LogP contribution < -0.4 is 11.1 Å². The lowest BCUT2D eigenvalue weighted by molar-refractivity contribution is 0.800. The zero-order valence-electron chi connectivity index (χ0n) is 10.1. The number of aryl methyl sites for hydroxylation is 1. The first-order chi connectivity index (χ1) is 8.13. The smallest absolute Gasteiger partial charge is 0.123 e. The molecule has 0 saturated heterocycles. The van der Waals surface area contributed by atoms with Crippen LogP contribution in [0.25, 0.3) is 0 Å². The summed E-state index contributed by atoms with van der Waals surface area (Å²) in [6.07, 6.45) is 2.80. The number of nitrogens with zero attached hydrogens (tertiary/aromatic N) is 1. The van der Waals surface area contributed by atoms with Crippen LogP contribution in [0.2, 0.25) is 0 Å². The number of hydrogen-bond donors (Lipinski definition) is 2. The first-order valence-electron chi connectivity index (χ1n) is 5.67. The van der Waals surface area contributed by atoms with Crippen LogP contribution in [0.5, 0.6) is 0 Å². The number of rotatable bonds is 4. The molecule has 0 spiro atoms. The van der Waals surface area contributed by atoms with E-state index in [1.54, 1.807) is 6.20 Å². The topological polar surface area (TPSA) is 50.9 Å². The van der Waals surface area contributed by atoms with Crippen molar-refractivity contribution >= 4 is 22.8 Å². The van der Waals surface area contributed by atoms with Gasteiger partial charge in [-0.1, -0.05) is 0 Å². The highest BCUT2D eigenvalue weighted by molar-refractivity contribution is 7.11. The number of nitrogens with one attached hydrogen (secondary N) is 1. The Morgan fingerprint density at radius 3 is 2.76 bits per heavy atom. The van der Waals surface area contributed by atoms with E-state index in [-0.39, 0.29) is 0 Å². The maximum atomic E-state index is 5.55. The predicted octanol–water partition coefficient (Wildman–Crippen LogP) is 3.08. The molecule has 0 bridgehead atoms. The Bertz CT molecular complexity index is 476. The Morgan fingerprint density at radius 2 is 2.18 bits per heavy atom. The second kappa shape index (κ2) is 5.19. The van der Waals surface area contributed by atoms with Crippen molar-refractivity contribution in [2.24, 2.45) is 0 Å². The molecule has 0 fully saturated rings. The van der Waals surface area contributed by atoms with Gasteiger partial charge in [-0.2, -0.15) is 0 Å². The summed E-state index contributed by atoms with van der Waals surface area (Å²) in [5.41, 5.74) is 6.56. The van der Waals surface area contributed by atoms with Crippen molar-refractivity contribution in [2.45, 2.75) is 26.3 Å². The van der Waals surface area contributed by atoms with Gasteiger partial charge in [0.25, 0.3) is 0 Å². The minimum absolute atomic E-state index is 0.387. The zero-order valence-corrected chi connectivity index (χ0v) is 10.9. The molecule has 4 heteroatoms. The molecule has 1 atom stereocenters. The summed E-state index contributed by atoms with van der Waals surface area (Å²) in [6.45, 7) is 4.31. The number of pyridine rings is 1. The molecular formula is C13H17N3S. The average molecular weight is 247 g/mol. The average Bonchev–Trinajstić information content (AvgIpc) is 2.67. The van der Waals surface area contributed by atoms with E-state index in [1.165, 1.54) is 9.75 Å². The van der Waals surface area contributed by atoms with E-state index in [2.05, 4.69) is 36.3 Å². The van der Waals surface area contributed by atoms with Gasteiger partial charge in [0.1, 0.15) is 5.82 Å². The van der Waals surface area contributed by atoms with Crippen LogP contribution >= 0.6 is 11.3 Å². The SMILES string of the molecule is Cc1ccc(CC(C)Nc2ccc(N)nc2)s1. The lowest BCUT2D eigenvalue weighted by atomic mass is 10.2. The van der Waals surface area contributed by atoms with Crippen LogP contribution in [0, 0.1) is 6.92 Å². The van der Waals surface area contributed by atoms with Gasteiger partial charge in [-0.3, -0.25) is 0 Å². The third-order valence-corrected chi connectivity index (χ3v) is 3.53. The molecule has 0 aliphatic heterocycles. The number of aromatic nitrogens is 1. The molecular weight excluding hydrogens is 230 g/mol. The van der Waals surface area contributed by atoms with E-state index in [4.69, 9.17) is 5.73 Å². The number of anilines is 2. The van der Waals surface area contributed by atoms with E-state index < -0.39 is 0 Å². The highest BCUT2D eigenvalue weighted by Crippen LogP contribution is 2.18. The van der Waals surface area contributed by atoms with E-state index in [9.17, 15) is 0 Å². The molecule has 2 aromatic heterocycles. The van der Waals surface area contributed by atoms with Crippen molar-refractivity contribution in [3.63, 3.8) is 0 Å². The van der Waals surface area contributed by atoms with Crippen LogP contribution in [0.4, 0.5) is 11.5 Å². The summed E-state index contributed by atoms with van der Waals surface area (Å²) >= 11 is 1.85. The fourth-order valence-electron chi connectivity index (χ4n) is 1.72. The van der Waals surface area contributed by atoms with Crippen LogP contribution in [-0.2, 0) is 6.42 Å². The summed E-state index contributed by atoms with van der Waals surface area (Å²) in [5.74, 6) is 0.553. The highest BCUT2D eigenvalue weighted by atomic mass is 32.1. The lowest BCUT2D eigenvalue weighted by Crippen LogP contribution is -2.17. The number of nitrogen functional groups attached to an aromatic ring is 1. The molecule has 0 radical (unpaired) electrons. The fraction of sp³-hybridized carbons (Fsp3) is 0.308. The molecule has 2 aromatic rings. The largest absolute Gasteiger partial charge is 0.384 e. The van der Waals surface area contributed by atoms with Gasteiger partial charge in [-0.15, -0.1) is 11.3 Å². The van der Waals surface area contributed by atoms with Gasteiger partial charge in [0.15, 0.2) is 0 Å². The standard InChI is InChI=1S/C13H17N3S/c1-9(7-12-5-3-10(2)17-12)16-11-4-6-13(14)15-8-11/h3-6,8-9,16H,7H2,1-2H3,(H2,14,15). The molecule has 2 rings (SSSR count). The van der Waals surface area contributed by atoms with E-state index in [0.717, 1.165) is 12.1 Å². The van der Waals surface area contributed by atoms with Gasteiger partial charge in [0.05, 0.1) is 11.9 Å². The summed E-state index contributed by atoms with van der Waals surface area (Å²) in [6, 6.07) is 8.51. The normalized spacial score (nSPS) is 12.4. The molecule has 2 heterocycles. The first kappa shape index (κ1) is 11.9. The maximum absolute atomic E-state index is 5.55. The maximum Gasteiger partial charge on any atom is 0.123 e. The molecule has 0 aliphatic carbocycles. The lowest BCUT2D eigenvalue weighted by Gasteiger charge is -2.14. The zero-order chi connectivity index (χ0) is 12.3. The summed E-state index contributed by atoms with van der Waals surface area (Å²) in [4.78, 5) is 6.83. The van der Waals surface area contributed by atoms with Crippen LogP contribution in [0.15, 0.2) is 30.5 Å². The Labute approximate surface area is 106 Å². The van der Waals surface area contributed by atoms with Gasteiger partial charge in [-0.05, 0) is 38.1 Å². The van der Waals surface area contributed by atoms with Crippen LogP contribution in [0.3, 0.4) is 0 Å². The number of thiophene rings is 1. The van der Waals surface area contributed by atoms with Crippen molar-refractivity contribution in [3.05, 3.63) is 40.2 Å². The van der Waals surface area contributed by atoms with Crippen LogP contribution in [-0.4, -0.2) is 11.0 Å². The van der Waals surface area contributed by atoms with Crippen LogP contribution in [0.1, 0.15) is 16.7 Å². The predicted molar refractivity (Wildman–Crippen MR) is 74.5 cm³/mol. The van der Waals surface area contributed by atoms with E-state index >= 15 is 0 Å². The Morgan fingerprint density at radius 1 is 1.35 bits per heavy atom. The van der Waals surface area contributed by atoms with Gasteiger partial charge in [0, 0.05) is 22.2 Å². The van der Waals surface area contributed by atoms with Gasteiger partial charge in [0.2, 0.25) is 0 Å². The molecule has 3 N–H and O–H groups in total. The summed E-state index contributed by atoms with van der Waals surface area (Å²) < 4.78 is 0. The molecule has 90 valence electrons. The molecule has 0 saturated carbocycles. The first-order valence-corrected chi connectivity index (χ1v) is 6.48. The van der Waals surface area contributed by atoms with Crippen molar-refractivity contribution < 1.29 is 0 Å². The Kier molecular flexibility index (Phi) is 3.64. The Balaban J connectivity index is 1.93. The third-order valence-electron chi connectivity index (χ3n) is 2.50. The summed E-state index contributed by atoms with van der Waals surface area (Å²) in [7, 11) is 0. The minimum atomic E-state index is 0.387. The molecule has 1 unspecified atom stereocenters. The van der Waals surface area contributed by atoms with E-state index in [1.807, 2.05) is 23.5 Å². The molecule has 0 amide bonds. The molecule has 0 aromatic carbocycles. The Hall–Kier alpha value is -1.55. The van der Waals surface area contributed by atoms with Crippen molar-refractivity contribution in [1.82, 2.24) is 4.98 Å². The second-order valence-corrected chi connectivity index (χ2v) is 5.61. The van der Waals surface area contributed by atoms with Crippen molar-refractivity contribution in [3.8, 4) is 0 Å². The van der Waals surface area contributed by atoms with Gasteiger partial charge in [-0.25, -0.2) is 4.98 Å². The molecule has 17 heavy (non-hydrogen) atoms. The second-order valence-electron chi connectivity index (χ2n) is 4.23. The summed E-state index contributed by atoms with van der Waals surface area (Å²) in [5, 5.41) is 3.42. The van der Waals surface area contributed by atoms with E-state index in [0.29, 0.717) is 11.9 Å². The van der Waals surface area contributed by atoms with Gasteiger partial charge < -0.3 is 11.1 Å².